The Bertz CT molecular complexity index is 2030. The van der Waals surface area contributed by atoms with E-state index in [0.29, 0.717) is 145 Å². The first-order valence-electron chi connectivity index (χ1n) is 28.9. The maximum atomic E-state index is 13.9. The van der Waals surface area contributed by atoms with Gasteiger partial charge in [0, 0.05) is 18.8 Å². The number of aliphatic hydroxyl groups is 1. The van der Waals surface area contributed by atoms with Gasteiger partial charge in [0.2, 0.25) is 5.91 Å². The summed E-state index contributed by atoms with van der Waals surface area (Å²) in [4.78, 5) is 25.0. The summed E-state index contributed by atoms with van der Waals surface area (Å²) >= 11 is 0. The summed E-state index contributed by atoms with van der Waals surface area (Å²) in [6.45, 7) is 13.5. The molecule has 446 valence electrons. The first-order valence-corrected chi connectivity index (χ1v) is 28.9. The lowest BCUT2D eigenvalue weighted by atomic mass is 10.0. The van der Waals surface area contributed by atoms with Crippen LogP contribution in [0.2, 0.25) is 0 Å². The van der Waals surface area contributed by atoms with Crippen molar-refractivity contribution in [1.82, 2.24) is 10.6 Å². The van der Waals surface area contributed by atoms with Crippen molar-refractivity contribution in [2.45, 2.75) is 123 Å². The number of carbonyl (C=O) groups excluding carboxylic acids is 2. The monoisotopic (exact) mass is 1120 g/mol. The van der Waals surface area contributed by atoms with Crippen molar-refractivity contribution in [2.24, 2.45) is 0 Å². The molecule has 1 unspecified atom stereocenters. The summed E-state index contributed by atoms with van der Waals surface area (Å²) in [6.07, 6.45) is 19.9. The van der Waals surface area contributed by atoms with Gasteiger partial charge in [0.15, 0.2) is 0 Å². The van der Waals surface area contributed by atoms with Crippen LogP contribution in [0.5, 0.6) is 0 Å². The number of hydrogen-bond acceptors (Lipinski definition) is 14. The van der Waals surface area contributed by atoms with Gasteiger partial charge in [-0.3, -0.25) is 9.59 Å². The smallest absolute Gasteiger partial charge is 0.297 e. The third-order valence-electron chi connectivity index (χ3n) is 11.2. The molecule has 17 nitrogen and oxygen atoms in total. The van der Waals surface area contributed by atoms with Crippen molar-refractivity contribution in [3.63, 3.8) is 0 Å². The van der Waals surface area contributed by atoms with Gasteiger partial charge in [-0.1, -0.05) is 103 Å². The lowest BCUT2D eigenvalue weighted by Gasteiger charge is -2.43. The summed E-state index contributed by atoms with van der Waals surface area (Å²) < 4.78 is 54.2. The second-order valence-electron chi connectivity index (χ2n) is 17.9. The minimum Gasteiger partial charge on any atom is -0.633 e. The SMILES string of the molecule is CC#CC#CC#CC#CC#CC#CC#CC#CC(=O)NCC[N+]([O-])(CCCOCCOCCOCCOCCOCCOCCOCCOCCOCCOCCO)CCNC(=O)CCCCCCCCCCCCCCCCC. The summed E-state index contributed by atoms with van der Waals surface area (Å²) in [5.74, 6) is 39.6. The second kappa shape index (κ2) is 64.7. The van der Waals surface area contributed by atoms with E-state index in [4.69, 9.17) is 52.5 Å². The van der Waals surface area contributed by atoms with Gasteiger partial charge in [0.05, 0.1) is 171 Å². The molecule has 0 aromatic heterocycles. The van der Waals surface area contributed by atoms with E-state index in [1.165, 1.54) is 77.0 Å². The number of nitrogens with zero attached hydrogens (tertiary/aromatic N) is 1. The van der Waals surface area contributed by atoms with Crippen LogP contribution in [-0.2, 0) is 57.0 Å². The Morgan fingerprint density at radius 3 is 1.02 bits per heavy atom. The Balaban J connectivity index is 4.36. The Kier molecular flexibility index (Phi) is 60.6. The highest BCUT2D eigenvalue weighted by Crippen LogP contribution is 2.14. The predicted octanol–water partition coefficient (Wildman–Crippen LogP) is 5.39. The van der Waals surface area contributed by atoms with Crippen LogP contribution in [0.15, 0.2) is 0 Å². The van der Waals surface area contributed by atoms with Crippen molar-refractivity contribution in [3.8, 4) is 94.7 Å². The van der Waals surface area contributed by atoms with E-state index in [1.807, 2.05) is 0 Å². The number of aliphatic hydroxyl groups excluding tert-OH is 1. The molecule has 0 aliphatic rings. The van der Waals surface area contributed by atoms with Crippen molar-refractivity contribution in [1.29, 1.82) is 0 Å². The van der Waals surface area contributed by atoms with E-state index in [1.54, 1.807) is 6.92 Å². The summed E-state index contributed by atoms with van der Waals surface area (Å²) in [6, 6.07) is 0. The highest BCUT2D eigenvalue weighted by atomic mass is 16.6. The first kappa shape index (κ1) is 74.9. The van der Waals surface area contributed by atoms with Crippen molar-refractivity contribution in [3.05, 3.63) is 5.21 Å². The third kappa shape index (κ3) is 62.1. The van der Waals surface area contributed by atoms with Gasteiger partial charge in [-0.15, -0.1) is 0 Å². The van der Waals surface area contributed by atoms with Crippen molar-refractivity contribution < 1.29 is 66.7 Å². The first-order chi connectivity index (χ1) is 39.5. The molecule has 0 rings (SSSR count). The van der Waals surface area contributed by atoms with Crippen LogP contribution >= 0.6 is 0 Å². The Labute approximate surface area is 481 Å². The average molecular weight is 1120 g/mol. The number of hydroxylamine groups is 3. The van der Waals surface area contributed by atoms with Crippen molar-refractivity contribution in [2.75, 3.05) is 171 Å². The number of hydrogen-bond donors (Lipinski definition) is 3. The molecule has 0 saturated carbocycles. The maximum Gasteiger partial charge on any atom is 0.297 e. The molecule has 0 aliphatic heterocycles. The molecule has 0 radical (unpaired) electrons. The molecule has 0 heterocycles. The van der Waals surface area contributed by atoms with Crippen molar-refractivity contribution >= 4 is 11.8 Å². The van der Waals surface area contributed by atoms with Gasteiger partial charge < -0.3 is 73.0 Å². The predicted molar refractivity (Wildman–Crippen MR) is 312 cm³/mol. The van der Waals surface area contributed by atoms with E-state index in [2.05, 4.69) is 112 Å². The normalized spacial score (nSPS) is 10.8. The number of quaternary nitrogens is 1. The van der Waals surface area contributed by atoms with Crippen LogP contribution in [0.3, 0.4) is 0 Å². The van der Waals surface area contributed by atoms with Crippen LogP contribution in [0, 0.1) is 99.9 Å². The molecule has 0 bridgehead atoms. The zero-order chi connectivity index (χ0) is 57.9. The molecule has 0 fully saturated rings. The van der Waals surface area contributed by atoms with Gasteiger partial charge in [-0.05, 0) is 96.2 Å². The molecule has 0 aromatic carbocycles. The molecular weight excluding hydrogens is 1020 g/mol. The third-order valence-corrected chi connectivity index (χ3v) is 11.2. The lowest BCUT2D eigenvalue weighted by molar-refractivity contribution is -0.878. The number of ether oxygens (including phenoxy) is 10. The summed E-state index contributed by atoms with van der Waals surface area (Å²) in [7, 11) is 0. The lowest BCUT2D eigenvalue weighted by Crippen LogP contribution is -2.51. The quantitative estimate of drug-likeness (QED) is 0.0304. The zero-order valence-corrected chi connectivity index (χ0v) is 48.6. The Morgan fingerprint density at radius 1 is 0.375 bits per heavy atom. The van der Waals surface area contributed by atoms with Crippen LogP contribution in [0.25, 0.3) is 0 Å². The van der Waals surface area contributed by atoms with E-state index in [-0.39, 0.29) is 45.2 Å². The molecule has 0 spiro atoms. The van der Waals surface area contributed by atoms with E-state index >= 15 is 0 Å². The Morgan fingerprint density at radius 2 is 0.675 bits per heavy atom. The van der Waals surface area contributed by atoms with Gasteiger partial charge in [-0.25, -0.2) is 0 Å². The molecule has 17 heteroatoms. The van der Waals surface area contributed by atoms with Crippen LogP contribution in [0.1, 0.15) is 123 Å². The van der Waals surface area contributed by atoms with Crippen LogP contribution in [-0.4, -0.2) is 193 Å². The van der Waals surface area contributed by atoms with E-state index < -0.39 is 10.6 Å². The molecule has 0 saturated heterocycles. The number of amides is 2. The second-order valence-corrected chi connectivity index (χ2v) is 17.9. The average Bonchev–Trinajstić information content (AvgIpc) is 3.45. The molecule has 0 aromatic rings. The van der Waals surface area contributed by atoms with E-state index in [0.717, 1.165) is 19.3 Å². The van der Waals surface area contributed by atoms with Gasteiger partial charge in [0.1, 0.15) is 0 Å². The minimum atomic E-state index is -0.620. The number of rotatable bonds is 55. The van der Waals surface area contributed by atoms with E-state index in [9.17, 15) is 14.8 Å². The van der Waals surface area contributed by atoms with Gasteiger partial charge in [0.25, 0.3) is 5.91 Å². The molecule has 3 N–H and O–H groups in total. The summed E-state index contributed by atoms with van der Waals surface area (Å²) in [5, 5.41) is 28.2. The van der Waals surface area contributed by atoms with Crippen LogP contribution in [0.4, 0.5) is 0 Å². The fourth-order valence-electron chi connectivity index (χ4n) is 7.02. The molecule has 0 aliphatic carbocycles. The molecule has 80 heavy (non-hydrogen) atoms. The number of carbonyl (C=O) groups is 2. The number of nitrogens with one attached hydrogen (secondary N) is 2. The largest absolute Gasteiger partial charge is 0.633 e. The molecular formula is C63H95N3O14. The van der Waals surface area contributed by atoms with Gasteiger partial charge >= 0.3 is 0 Å². The molecule has 2 amide bonds. The highest BCUT2D eigenvalue weighted by molar-refractivity contribution is 5.94. The highest BCUT2D eigenvalue weighted by Gasteiger charge is 2.17. The topological polar surface area (TPSA) is 194 Å². The maximum absolute atomic E-state index is 13.9. The minimum absolute atomic E-state index is 0.00924. The standard InChI is InChI=1S/C63H95N3O14/c1-3-5-7-9-11-13-15-17-19-21-23-25-27-29-31-34-62(68)64-36-39-66(70,40-37-65-63(69)35-32-30-28-26-24-22-20-18-16-14-12-10-8-6-4-2)38-33-42-71-44-46-73-48-50-75-52-54-77-56-58-79-60-61-80-59-57-78-55-53-76-51-49-74-47-45-72-43-41-67/h67H,3,5,7,9,11,13,15,17,19,21,23,25,27,29,31,33-34,36-61H2,1-2H3,(H,64,68)(H,65,69). The molecule has 1 atom stereocenters. The number of unbranched alkanes of at least 4 members (excludes halogenated alkanes) is 14. The van der Waals surface area contributed by atoms with Gasteiger partial charge in [-0.2, -0.15) is 0 Å². The Hall–Kier alpha value is -5.10. The summed E-state index contributed by atoms with van der Waals surface area (Å²) in [5.41, 5.74) is 0. The van der Waals surface area contributed by atoms with Crippen LogP contribution < -0.4 is 10.6 Å². The fraction of sp³-hybridized carbons (Fsp3) is 0.714. The fourth-order valence-corrected chi connectivity index (χ4v) is 7.02. The zero-order valence-electron chi connectivity index (χ0n) is 48.6.